The minimum atomic E-state index is 0.252. The standard InChI is InChI=1S/C15H22N2O/c1-10(11-4-7-16-8-5-11)17-13-12-6-9-18-14(12)15(13,2)3/h4-5,7-8,10,12-14,17H,6,9H2,1-3H3/t10-,12?,13?,14?/m0/s1. The molecule has 0 spiro atoms. The second kappa shape index (κ2) is 4.32. The van der Waals surface area contributed by atoms with E-state index in [9.17, 15) is 0 Å². The van der Waals surface area contributed by atoms with Crippen LogP contribution in [0.15, 0.2) is 24.5 Å². The number of rotatable bonds is 3. The van der Waals surface area contributed by atoms with Gasteiger partial charge in [0.15, 0.2) is 0 Å². The fourth-order valence-corrected chi connectivity index (χ4v) is 3.68. The first-order valence-corrected chi connectivity index (χ1v) is 6.88. The van der Waals surface area contributed by atoms with Crippen LogP contribution in [0.25, 0.3) is 0 Å². The van der Waals surface area contributed by atoms with Crippen LogP contribution in [0.3, 0.4) is 0 Å². The number of nitrogens with zero attached hydrogens (tertiary/aromatic N) is 1. The molecule has 3 nitrogen and oxygen atoms in total. The van der Waals surface area contributed by atoms with E-state index in [1.807, 2.05) is 12.4 Å². The van der Waals surface area contributed by atoms with E-state index in [4.69, 9.17) is 4.74 Å². The number of pyridine rings is 1. The van der Waals surface area contributed by atoms with E-state index in [1.165, 1.54) is 12.0 Å². The summed E-state index contributed by atoms with van der Waals surface area (Å²) in [5.41, 5.74) is 1.56. The lowest BCUT2D eigenvalue weighted by molar-refractivity contribution is -0.115. The van der Waals surface area contributed by atoms with Crippen LogP contribution >= 0.6 is 0 Å². The Bertz CT molecular complexity index is 418. The third-order valence-corrected chi connectivity index (χ3v) is 4.74. The number of hydrogen-bond acceptors (Lipinski definition) is 3. The molecular formula is C15H22N2O. The third-order valence-electron chi connectivity index (χ3n) is 4.74. The van der Waals surface area contributed by atoms with Crippen LogP contribution in [0.5, 0.6) is 0 Å². The molecule has 1 N–H and O–H groups in total. The smallest absolute Gasteiger partial charge is 0.0685 e. The summed E-state index contributed by atoms with van der Waals surface area (Å²) >= 11 is 0. The molecule has 1 aliphatic heterocycles. The van der Waals surface area contributed by atoms with E-state index in [-0.39, 0.29) is 5.41 Å². The highest BCUT2D eigenvalue weighted by atomic mass is 16.5. The quantitative estimate of drug-likeness (QED) is 0.890. The molecule has 0 radical (unpaired) electrons. The molecule has 3 unspecified atom stereocenters. The van der Waals surface area contributed by atoms with Crippen molar-refractivity contribution < 1.29 is 4.74 Å². The highest BCUT2D eigenvalue weighted by Crippen LogP contribution is 2.52. The number of aromatic nitrogens is 1. The van der Waals surface area contributed by atoms with Gasteiger partial charge in [0.2, 0.25) is 0 Å². The van der Waals surface area contributed by atoms with Gasteiger partial charge in [-0.3, -0.25) is 4.98 Å². The van der Waals surface area contributed by atoms with Gasteiger partial charge in [-0.1, -0.05) is 13.8 Å². The Hall–Kier alpha value is -0.930. The van der Waals surface area contributed by atoms with Gasteiger partial charge in [0.05, 0.1) is 6.10 Å². The van der Waals surface area contributed by atoms with Crippen LogP contribution in [0.4, 0.5) is 0 Å². The highest BCUT2D eigenvalue weighted by molar-refractivity contribution is 5.17. The fraction of sp³-hybridized carbons (Fsp3) is 0.667. The van der Waals surface area contributed by atoms with Gasteiger partial charge < -0.3 is 10.1 Å². The molecule has 1 saturated heterocycles. The molecule has 98 valence electrons. The molecule has 3 rings (SSSR count). The summed E-state index contributed by atoms with van der Waals surface area (Å²) in [5, 5.41) is 3.79. The summed E-state index contributed by atoms with van der Waals surface area (Å²) in [6.07, 6.45) is 5.39. The average molecular weight is 246 g/mol. The van der Waals surface area contributed by atoms with Crippen LogP contribution < -0.4 is 5.32 Å². The molecule has 2 fully saturated rings. The summed E-state index contributed by atoms with van der Waals surface area (Å²) in [6.45, 7) is 7.79. The first kappa shape index (κ1) is 12.1. The average Bonchev–Trinajstić information content (AvgIpc) is 2.83. The van der Waals surface area contributed by atoms with E-state index in [0.29, 0.717) is 24.1 Å². The van der Waals surface area contributed by atoms with Crippen molar-refractivity contribution in [3.05, 3.63) is 30.1 Å². The number of hydrogen-bond donors (Lipinski definition) is 1. The van der Waals surface area contributed by atoms with Gasteiger partial charge in [-0.25, -0.2) is 0 Å². The summed E-state index contributed by atoms with van der Waals surface area (Å²) in [6, 6.07) is 5.12. The van der Waals surface area contributed by atoms with Crippen LogP contribution in [0.1, 0.15) is 38.8 Å². The second-order valence-corrected chi connectivity index (χ2v) is 6.21. The third kappa shape index (κ3) is 1.77. The molecule has 1 aromatic rings. The zero-order chi connectivity index (χ0) is 12.8. The molecular weight excluding hydrogens is 224 g/mol. The van der Waals surface area contributed by atoms with Crippen LogP contribution in [0.2, 0.25) is 0 Å². The number of fused-ring (bicyclic) bond motifs is 1. The van der Waals surface area contributed by atoms with Gasteiger partial charge in [-0.2, -0.15) is 0 Å². The molecule has 1 saturated carbocycles. The van der Waals surface area contributed by atoms with Gasteiger partial charge in [0.1, 0.15) is 0 Å². The Morgan fingerprint density at radius 3 is 2.83 bits per heavy atom. The molecule has 0 amide bonds. The van der Waals surface area contributed by atoms with Crippen molar-refractivity contribution in [3.63, 3.8) is 0 Å². The number of ether oxygens (including phenoxy) is 1. The Morgan fingerprint density at radius 2 is 2.11 bits per heavy atom. The predicted octanol–water partition coefficient (Wildman–Crippen LogP) is 2.55. The highest BCUT2D eigenvalue weighted by Gasteiger charge is 2.59. The first-order chi connectivity index (χ1) is 8.60. The summed E-state index contributed by atoms with van der Waals surface area (Å²) in [4.78, 5) is 4.08. The van der Waals surface area contributed by atoms with Crippen LogP contribution in [0, 0.1) is 11.3 Å². The Morgan fingerprint density at radius 1 is 1.39 bits per heavy atom. The normalized spacial score (nSPS) is 34.7. The van der Waals surface area contributed by atoms with Gasteiger partial charge in [0.25, 0.3) is 0 Å². The molecule has 18 heavy (non-hydrogen) atoms. The Balaban J connectivity index is 1.70. The summed E-state index contributed by atoms with van der Waals surface area (Å²) < 4.78 is 5.83. The topological polar surface area (TPSA) is 34.1 Å². The van der Waals surface area contributed by atoms with E-state index in [2.05, 4.69) is 43.2 Å². The molecule has 1 aromatic heterocycles. The van der Waals surface area contributed by atoms with Crippen molar-refractivity contribution in [3.8, 4) is 0 Å². The van der Waals surface area contributed by atoms with Gasteiger partial charge in [0, 0.05) is 42.4 Å². The maximum Gasteiger partial charge on any atom is 0.0685 e. The maximum atomic E-state index is 5.83. The molecule has 4 atom stereocenters. The molecule has 3 heteroatoms. The molecule has 0 bridgehead atoms. The zero-order valence-electron chi connectivity index (χ0n) is 11.4. The van der Waals surface area contributed by atoms with E-state index >= 15 is 0 Å². The van der Waals surface area contributed by atoms with Crippen molar-refractivity contribution in [2.24, 2.45) is 11.3 Å². The van der Waals surface area contributed by atoms with E-state index in [1.54, 1.807) is 0 Å². The SMILES string of the molecule is C[C@H](NC1C2CCOC2C1(C)C)c1ccncc1. The van der Waals surface area contributed by atoms with Gasteiger partial charge in [-0.05, 0) is 31.0 Å². The Kier molecular flexibility index (Phi) is 2.91. The lowest BCUT2D eigenvalue weighted by Crippen LogP contribution is -2.66. The molecule has 1 aliphatic carbocycles. The van der Waals surface area contributed by atoms with Crippen molar-refractivity contribution in [2.75, 3.05) is 6.61 Å². The van der Waals surface area contributed by atoms with Crippen molar-refractivity contribution in [1.29, 1.82) is 0 Å². The van der Waals surface area contributed by atoms with E-state index in [0.717, 1.165) is 6.61 Å². The lowest BCUT2D eigenvalue weighted by Gasteiger charge is -2.55. The largest absolute Gasteiger partial charge is 0.377 e. The maximum absolute atomic E-state index is 5.83. The first-order valence-electron chi connectivity index (χ1n) is 6.88. The lowest BCUT2D eigenvalue weighted by atomic mass is 9.57. The number of nitrogens with one attached hydrogen (secondary N) is 1. The summed E-state index contributed by atoms with van der Waals surface area (Å²) in [7, 11) is 0. The monoisotopic (exact) mass is 246 g/mol. The van der Waals surface area contributed by atoms with Crippen molar-refractivity contribution >= 4 is 0 Å². The minimum absolute atomic E-state index is 0.252. The van der Waals surface area contributed by atoms with Crippen molar-refractivity contribution in [1.82, 2.24) is 10.3 Å². The second-order valence-electron chi connectivity index (χ2n) is 6.21. The Labute approximate surface area is 109 Å². The molecule has 2 heterocycles. The van der Waals surface area contributed by atoms with E-state index < -0.39 is 0 Å². The predicted molar refractivity (Wildman–Crippen MR) is 71.2 cm³/mol. The zero-order valence-corrected chi connectivity index (χ0v) is 11.4. The molecule has 0 aromatic carbocycles. The van der Waals surface area contributed by atoms with Crippen LogP contribution in [-0.4, -0.2) is 23.7 Å². The van der Waals surface area contributed by atoms with Gasteiger partial charge >= 0.3 is 0 Å². The van der Waals surface area contributed by atoms with Crippen LogP contribution in [-0.2, 0) is 4.74 Å². The minimum Gasteiger partial charge on any atom is -0.377 e. The summed E-state index contributed by atoms with van der Waals surface area (Å²) in [5.74, 6) is 0.698. The van der Waals surface area contributed by atoms with Gasteiger partial charge in [-0.15, -0.1) is 0 Å². The van der Waals surface area contributed by atoms with Crippen molar-refractivity contribution in [2.45, 2.75) is 45.4 Å². The fourth-order valence-electron chi connectivity index (χ4n) is 3.68. The molecule has 2 aliphatic rings.